The van der Waals surface area contributed by atoms with Crippen molar-refractivity contribution >= 4 is 35.0 Å². The molecule has 0 saturated carbocycles. The Morgan fingerprint density at radius 2 is 1.86 bits per heavy atom. The zero-order chi connectivity index (χ0) is 25.2. The predicted octanol–water partition coefficient (Wildman–Crippen LogP) is 3.62. The molecule has 0 bridgehead atoms. The van der Waals surface area contributed by atoms with Gasteiger partial charge < -0.3 is 20.1 Å². The van der Waals surface area contributed by atoms with Crippen molar-refractivity contribution < 1.29 is 23.5 Å². The first-order chi connectivity index (χ1) is 16.9. The third-order valence-corrected chi connectivity index (χ3v) is 5.42. The Bertz CT molecular complexity index is 1170. The Morgan fingerprint density at radius 3 is 2.60 bits per heavy atom. The summed E-state index contributed by atoms with van der Waals surface area (Å²) in [5.74, 6) is -0.382. The smallest absolute Gasteiger partial charge is 0.273 e. The molecule has 0 aliphatic rings. The van der Waals surface area contributed by atoms with Crippen LogP contribution in [0.15, 0.2) is 42.6 Å². The number of nitrogens with zero attached hydrogens (tertiary/aromatic N) is 3. The van der Waals surface area contributed by atoms with Crippen LogP contribution in [0.5, 0.6) is 5.75 Å². The van der Waals surface area contributed by atoms with Gasteiger partial charge >= 0.3 is 0 Å². The maximum absolute atomic E-state index is 12.6. The van der Waals surface area contributed by atoms with Crippen LogP contribution < -0.4 is 15.4 Å². The normalized spacial score (nSPS) is 10.7. The number of nitrogens with one attached hydrogen (secondary N) is 2. The summed E-state index contributed by atoms with van der Waals surface area (Å²) in [5.41, 5.74) is 1.69. The number of carbonyl (C=O) groups excluding carboxylic acids is 2. The molecule has 0 spiro atoms. The summed E-state index contributed by atoms with van der Waals surface area (Å²) in [5, 5.41) is 14.2. The molecule has 2 amide bonds. The predicted molar refractivity (Wildman–Crippen MR) is 129 cm³/mol. The summed E-state index contributed by atoms with van der Waals surface area (Å²) in [6, 6.07) is 9.87. The van der Waals surface area contributed by atoms with Crippen molar-refractivity contribution in [3.8, 4) is 11.4 Å². The molecule has 3 aromatic rings. The number of carbonyl (C=O) groups is 2. The van der Waals surface area contributed by atoms with Crippen LogP contribution in [-0.2, 0) is 11.3 Å². The van der Waals surface area contributed by atoms with Gasteiger partial charge in [0.15, 0.2) is 5.69 Å². The number of rotatable bonds is 12. The number of alkyl halides is 1. The van der Waals surface area contributed by atoms with Crippen LogP contribution in [0, 0.1) is 0 Å². The van der Waals surface area contributed by atoms with Crippen LogP contribution in [0.3, 0.4) is 0 Å². The van der Waals surface area contributed by atoms with Crippen LogP contribution >= 0.6 is 23.2 Å². The quantitative estimate of drug-likeness (QED) is 0.351. The number of ether oxygens (including phenoxy) is 2. The average Bonchev–Trinajstić information content (AvgIpc) is 3.35. The molecular formula is C23H24Cl2FN5O4. The van der Waals surface area contributed by atoms with E-state index in [1.54, 1.807) is 36.4 Å². The monoisotopic (exact) mass is 523 g/mol. The van der Waals surface area contributed by atoms with Gasteiger partial charge in [0.2, 0.25) is 0 Å². The Morgan fingerprint density at radius 1 is 1.03 bits per heavy atom. The number of amides is 2. The van der Waals surface area contributed by atoms with Gasteiger partial charge in [0.05, 0.1) is 29.5 Å². The molecule has 0 atom stereocenters. The molecule has 1 heterocycles. The molecule has 0 aliphatic carbocycles. The van der Waals surface area contributed by atoms with Gasteiger partial charge in [-0.1, -0.05) is 34.5 Å². The Hall–Kier alpha value is -3.21. The van der Waals surface area contributed by atoms with Crippen molar-refractivity contribution in [2.45, 2.75) is 13.5 Å². The summed E-state index contributed by atoms with van der Waals surface area (Å²) >= 11 is 11.9. The van der Waals surface area contributed by atoms with Gasteiger partial charge in [0.25, 0.3) is 11.8 Å². The van der Waals surface area contributed by atoms with Crippen molar-refractivity contribution in [3.63, 3.8) is 0 Å². The first kappa shape index (κ1) is 26.4. The summed E-state index contributed by atoms with van der Waals surface area (Å²) in [4.78, 5) is 24.8. The zero-order valence-corrected chi connectivity index (χ0v) is 20.4. The molecule has 9 nitrogen and oxygen atoms in total. The highest BCUT2D eigenvalue weighted by atomic mass is 35.5. The van der Waals surface area contributed by atoms with Crippen LogP contribution in [0.2, 0.25) is 10.0 Å². The lowest BCUT2D eigenvalue weighted by Gasteiger charge is -2.13. The highest BCUT2D eigenvalue weighted by Crippen LogP contribution is 2.25. The maximum atomic E-state index is 12.6. The second kappa shape index (κ2) is 13.0. The second-order valence-electron chi connectivity index (χ2n) is 7.17. The fraction of sp³-hybridized carbons (Fsp3) is 0.304. The van der Waals surface area contributed by atoms with E-state index in [0.29, 0.717) is 33.6 Å². The molecule has 3 rings (SSSR count). The van der Waals surface area contributed by atoms with E-state index in [0.717, 1.165) is 5.56 Å². The molecule has 35 heavy (non-hydrogen) atoms. The molecule has 0 radical (unpaired) electrons. The van der Waals surface area contributed by atoms with Crippen molar-refractivity contribution in [1.29, 1.82) is 0 Å². The molecule has 1 aromatic heterocycles. The van der Waals surface area contributed by atoms with E-state index in [2.05, 4.69) is 20.9 Å². The Balaban J connectivity index is 1.74. The van der Waals surface area contributed by atoms with Crippen LogP contribution in [0.4, 0.5) is 4.39 Å². The summed E-state index contributed by atoms with van der Waals surface area (Å²) in [6.45, 7) is 2.17. The lowest BCUT2D eigenvalue weighted by Crippen LogP contribution is -2.23. The molecule has 2 aromatic carbocycles. The first-order valence-electron chi connectivity index (χ1n) is 10.8. The van der Waals surface area contributed by atoms with Gasteiger partial charge in [-0.3, -0.25) is 9.59 Å². The third kappa shape index (κ3) is 7.38. The van der Waals surface area contributed by atoms with E-state index < -0.39 is 12.6 Å². The minimum atomic E-state index is -0.590. The lowest BCUT2D eigenvalue weighted by atomic mass is 10.1. The van der Waals surface area contributed by atoms with Crippen molar-refractivity contribution in [2.24, 2.45) is 0 Å². The van der Waals surface area contributed by atoms with Gasteiger partial charge in [-0.2, -0.15) is 0 Å². The van der Waals surface area contributed by atoms with Gasteiger partial charge in [-0.05, 0) is 42.8 Å². The zero-order valence-electron chi connectivity index (χ0n) is 18.9. The third-order valence-electron chi connectivity index (χ3n) is 4.68. The standard InChI is InChI=1S/C23H24Cl2FN5O4/c1-2-27-22(32)16-4-6-20(21(12-16)35-10-9-34-8-7-26)31-14-19(29-30-31)23(33)28-13-15-3-5-17(24)18(25)11-15/h3-6,11-12,14H,2,7-10,13H2,1H3,(H,27,32)(H,28,33). The van der Waals surface area contributed by atoms with E-state index in [1.165, 1.54) is 10.9 Å². The van der Waals surface area contributed by atoms with E-state index in [9.17, 15) is 14.0 Å². The number of benzene rings is 2. The number of hydrogen-bond acceptors (Lipinski definition) is 6. The highest BCUT2D eigenvalue weighted by molar-refractivity contribution is 6.42. The van der Waals surface area contributed by atoms with Gasteiger partial charge in [0, 0.05) is 18.7 Å². The van der Waals surface area contributed by atoms with E-state index >= 15 is 0 Å². The fourth-order valence-electron chi connectivity index (χ4n) is 3.00. The highest BCUT2D eigenvalue weighted by Gasteiger charge is 2.16. The summed E-state index contributed by atoms with van der Waals surface area (Å²) < 4.78 is 24.5. The molecule has 0 unspecified atom stereocenters. The van der Waals surface area contributed by atoms with E-state index in [4.69, 9.17) is 32.7 Å². The first-order valence-corrected chi connectivity index (χ1v) is 11.5. The SMILES string of the molecule is CCNC(=O)c1ccc(-n2cc(C(=O)NCc3ccc(Cl)c(Cl)c3)nn2)c(OCCOCCF)c1. The largest absolute Gasteiger partial charge is 0.489 e. The molecule has 2 N–H and O–H groups in total. The maximum Gasteiger partial charge on any atom is 0.273 e. The second-order valence-corrected chi connectivity index (χ2v) is 7.99. The van der Waals surface area contributed by atoms with Crippen LogP contribution in [-0.4, -0.2) is 59.8 Å². The molecule has 12 heteroatoms. The van der Waals surface area contributed by atoms with Crippen molar-refractivity contribution in [3.05, 3.63) is 69.5 Å². The van der Waals surface area contributed by atoms with Gasteiger partial charge in [-0.25, -0.2) is 9.07 Å². The Kier molecular flexibility index (Phi) is 9.83. The lowest BCUT2D eigenvalue weighted by molar-refractivity contribution is 0.0894. The van der Waals surface area contributed by atoms with E-state index in [1.807, 2.05) is 6.92 Å². The molecule has 0 saturated heterocycles. The number of aromatic nitrogens is 3. The minimum Gasteiger partial charge on any atom is -0.489 e. The molecule has 0 aliphatic heterocycles. The number of halogens is 3. The minimum absolute atomic E-state index is 0.0288. The fourth-order valence-corrected chi connectivity index (χ4v) is 3.32. The molecule has 186 valence electrons. The van der Waals surface area contributed by atoms with Crippen molar-refractivity contribution in [1.82, 2.24) is 25.6 Å². The van der Waals surface area contributed by atoms with Crippen LogP contribution in [0.1, 0.15) is 33.3 Å². The van der Waals surface area contributed by atoms with Crippen molar-refractivity contribution in [2.75, 3.05) is 33.0 Å². The van der Waals surface area contributed by atoms with Crippen LogP contribution in [0.25, 0.3) is 5.69 Å². The molecule has 0 fully saturated rings. The van der Waals surface area contributed by atoms with Gasteiger partial charge in [-0.15, -0.1) is 5.10 Å². The van der Waals surface area contributed by atoms with Gasteiger partial charge in [0.1, 0.15) is 24.7 Å². The van der Waals surface area contributed by atoms with E-state index in [-0.39, 0.29) is 38.0 Å². The average molecular weight is 524 g/mol. The number of hydrogen-bond donors (Lipinski definition) is 2. The summed E-state index contributed by atoms with van der Waals surface area (Å²) in [6.07, 6.45) is 1.44. The Labute approximate surface area is 211 Å². The summed E-state index contributed by atoms with van der Waals surface area (Å²) in [7, 11) is 0. The molecular weight excluding hydrogens is 500 g/mol. The topological polar surface area (TPSA) is 107 Å².